The third kappa shape index (κ3) is 8.32. The van der Waals surface area contributed by atoms with Crippen molar-refractivity contribution in [2.75, 3.05) is 4.90 Å². The summed E-state index contributed by atoms with van der Waals surface area (Å²) in [5.41, 5.74) is 13.8. The van der Waals surface area contributed by atoms with Crippen LogP contribution in [0.4, 0.5) is 25.8 Å². The molecule has 0 amide bonds. The van der Waals surface area contributed by atoms with E-state index in [1.807, 2.05) is 91.0 Å². The topological polar surface area (TPSA) is 47.5 Å². The summed E-state index contributed by atoms with van der Waals surface area (Å²) >= 11 is 0. The minimum Gasteiger partial charge on any atom is -0.454 e. The second kappa shape index (κ2) is 16.4. The molecule has 0 aliphatic rings. The van der Waals surface area contributed by atoms with E-state index in [4.69, 9.17) is 9.47 Å². The maximum absolute atomic E-state index is 15.8. The number of benzene rings is 6. The van der Waals surface area contributed by atoms with E-state index in [-0.39, 0.29) is 17.1 Å². The number of aryl methyl sites for hydroxylation is 6. The van der Waals surface area contributed by atoms with Gasteiger partial charge in [-0.3, -0.25) is 4.98 Å². The molecule has 5 nitrogen and oxygen atoms in total. The van der Waals surface area contributed by atoms with E-state index in [9.17, 15) is 0 Å². The van der Waals surface area contributed by atoms with Crippen molar-refractivity contribution >= 4 is 17.1 Å². The lowest BCUT2D eigenvalue weighted by molar-refractivity contribution is 0.428. The summed E-state index contributed by atoms with van der Waals surface area (Å²) in [5, 5.41) is 0. The Balaban J connectivity index is 1.22. The van der Waals surface area contributed by atoms with E-state index in [1.165, 1.54) is 11.6 Å². The van der Waals surface area contributed by atoms with Gasteiger partial charge >= 0.3 is 0 Å². The molecular formula is C52H43F2N3O2. The highest BCUT2D eigenvalue weighted by atomic mass is 19.1. The summed E-state index contributed by atoms with van der Waals surface area (Å²) in [6, 6.07) is 43.6. The zero-order valence-corrected chi connectivity index (χ0v) is 33.8. The van der Waals surface area contributed by atoms with Crippen molar-refractivity contribution in [3.05, 3.63) is 197 Å². The molecule has 8 rings (SSSR count). The van der Waals surface area contributed by atoms with Gasteiger partial charge in [0.05, 0.1) is 11.4 Å². The second-order valence-electron chi connectivity index (χ2n) is 15.0. The Hall–Kier alpha value is -7.12. The lowest BCUT2D eigenvalue weighted by Gasteiger charge is -2.26. The molecule has 0 fully saturated rings. The van der Waals surface area contributed by atoms with Gasteiger partial charge in [-0.05, 0) is 135 Å². The molecule has 0 radical (unpaired) electrons. The van der Waals surface area contributed by atoms with Crippen molar-refractivity contribution in [3.63, 3.8) is 0 Å². The Morgan fingerprint density at radius 3 is 1.53 bits per heavy atom. The fourth-order valence-electron chi connectivity index (χ4n) is 8.08. The number of halogens is 2. The molecule has 0 saturated carbocycles. The number of hydrogen-bond acceptors (Lipinski definition) is 5. The first-order valence-corrected chi connectivity index (χ1v) is 19.5. The first kappa shape index (κ1) is 38.7. The predicted octanol–water partition coefficient (Wildman–Crippen LogP) is 14.7. The highest BCUT2D eigenvalue weighted by molar-refractivity contribution is 5.79. The van der Waals surface area contributed by atoms with E-state index in [1.54, 1.807) is 24.5 Å². The molecule has 0 unspecified atom stereocenters. The first-order chi connectivity index (χ1) is 28.5. The van der Waals surface area contributed by atoms with Gasteiger partial charge in [0.15, 0.2) is 11.6 Å². The van der Waals surface area contributed by atoms with Gasteiger partial charge in [-0.2, -0.15) is 0 Å². The van der Waals surface area contributed by atoms with Gasteiger partial charge in [0, 0.05) is 59.7 Å². The number of anilines is 3. The third-order valence-electron chi connectivity index (χ3n) is 10.3. The molecule has 0 aliphatic carbocycles. The number of aromatic nitrogens is 2. The number of ether oxygens (including phenoxy) is 2. The van der Waals surface area contributed by atoms with Crippen LogP contribution in [0.5, 0.6) is 23.1 Å². The molecule has 0 N–H and O–H groups in total. The average Bonchev–Trinajstić information content (AvgIpc) is 3.19. The Bertz CT molecular complexity index is 2740. The van der Waals surface area contributed by atoms with Gasteiger partial charge in [0.25, 0.3) is 0 Å². The molecule has 7 heteroatoms. The number of rotatable bonds is 10. The third-order valence-corrected chi connectivity index (χ3v) is 10.3. The molecule has 2 aromatic heterocycles. The maximum atomic E-state index is 15.8. The second-order valence-corrected chi connectivity index (χ2v) is 15.0. The highest BCUT2D eigenvalue weighted by Crippen LogP contribution is 2.42. The summed E-state index contributed by atoms with van der Waals surface area (Å²) < 4.78 is 44.4. The summed E-state index contributed by atoms with van der Waals surface area (Å²) in [7, 11) is 0. The van der Waals surface area contributed by atoms with Crippen molar-refractivity contribution in [3.8, 4) is 56.6 Å². The molecule has 8 aromatic rings. The Kier molecular flexibility index (Phi) is 10.8. The Labute approximate surface area is 344 Å². The van der Waals surface area contributed by atoms with E-state index in [0.717, 1.165) is 67.5 Å². The quantitative estimate of drug-likeness (QED) is 0.138. The maximum Gasteiger partial charge on any atom is 0.219 e. The Morgan fingerprint density at radius 1 is 0.458 bits per heavy atom. The lowest BCUT2D eigenvalue weighted by Crippen LogP contribution is -2.10. The summed E-state index contributed by atoms with van der Waals surface area (Å²) in [6.07, 6.45) is 3.37. The number of hydrogen-bond donors (Lipinski definition) is 0. The van der Waals surface area contributed by atoms with Crippen LogP contribution in [-0.4, -0.2) is 9.97 Å². The molecule has 0 aliphatic heterocycles. The van der Waals surface area contributed by atoms with Crippen LogP contribution in [0.2, 0.25) is 0 Å². The molecule has 59 heavy (non-hydrogen) atoms. The SMILES string of the molecule is Cc1cc(C)c(-c2ccnc(Oc3cc(Oc4cc(-c5cc(-c6c(C)cc(C)cc6C)ccn5)c(F)cc4F)cc(N(c4ccccc4)c4ccccc4)c3)c2)c(C)c1. The minimum absolute atomic E-state index is 0.108. The van der Waals surface area contributed by atoms with E-state index in [0.29, 0.717) is 23.0 Å². The fourth-order valence-corrected chi connectivity index (χ4v) is 8.08. The van der Waals surface area contributed by atoms with Crippen LogP contribution in [-0.2, 0) is 0 Å². The monoisotopic (exact) mass is 779 g/mol. The molecule has 292 valence electrons. The van der Waals surface area contributed by atoms with Crippen molar-refractivity contribution in [1.82, 2.24) is 9.97 Å². The number of pyridine rings is 2. The smallest absolute Gasteiger partial charge is 0.219 e. The lowest BCUT2D eigenvalue weighted by atomic mass is 9.93. The van der Waals surface area contributed by atoms with E-state index in [2.05, 4.69) is 80.7 Å². The van der Waals surface area contributed by atoms with Crippen molar-refractivity contribution in [2.45, 2.75) is 41.5 Å². The van der Waals surface area contributed by atoms with Crippen LogP contribution in [0.15, 0.2) is 152 Å². The molecule has 0 spiro atoms. The molecule has 2 heterocycles. The average molecular weight is 780 g/mol. The summed E-state index contributed by atoms with van der Waals surface area (Å²) in [6.45, 7) is 12.5. The van der Waals surface area contributed by atoms with E-state index >= 15 is 8.78 Å². The van der Waals surface area contributed by atoms with Crippen molar-refractivity contribution in [2.24, 2.45) is 0 Å². The molecular weight excluding hydrogens is 737 g/mol. The van der Waals surface area contributed by atoms with Crippen LogP contribution in [0.3, 0.4) is 0 Å². The fraction of sp³-hybridized carbons (Fsp3) is 0.115. The zero-order chi connectivity index (χ0) is 41.2. The largest absolute Gasteiger partial charge is 0.454 e. The van der Waals surface area contributed by atoms with Gasteiger partial charge in [0.2, 0.25) is 5.88 Å². The highest BCUT2D eigenvalue weighted by Gasteiger charge is 2.20. The molecule has 0 bridgehead atoms. The van der Waals surface area contributed by atoms with Crippen LogP contribution in [0, 0.1) is 53.2 Å². The van der Waals surface area contributed by atoms with Crippen LogP contribution in [0.25, 0.3) is 33.5 Å². The van der Waals surface area contributed by atoms with Crippen LogP contribution in [0.1, 0.15) is 33.4 Å². The standard InChI is InChI=1S/C52H43F2N3O2/c1-32-21-34(3)51(35(4)22-32)38-17-19-55-48(25-38)45-30-49(47(54)31-46(45)53)58-43-27-42(57(40-13-9-7-10-14-40)41-15-11-8-12-16-41)28-44(29-43)59-50-26-39(18-20-56-50)52-36(5)23-33(2)24-37(52)6/h7-31H,1-6H3. The van der Waals surface area contributed by atoms with Gasteiger partial charge in [-0.25, -0.2) is 13.8 Å². The van der Waals surface area contributed by atoms with Crippen molar-refractivity contribution < 1.29 is 18.3 Å². The van der Waals surface area contributed by atoms with Crippen molar-refractivity contribution in [1.29, 1.82) is 0 Å². The van der Waals surface area contributed by atoms with Gasteiger partial charge in [-0.15, -0.1) is 0 Å². The molecule has 0 saturated heterocycles. The van der Waals surface area contributed by atoms with Gasteiger partial charge < -0.3 is 14.4 Å². The van der Waals surface area contributed by atoms with E-state index < -0.39 is 11.6 Å². The first-order valence-electron chi connectivity index (χ1n) is 19.5. The number of para-hydroxylation sites is 2. The van der Waals surface area contributed by atoms with Gasteiger partial charge in [0.1, 0.15) is 17.3 Å². The normalized spacial score (nSPS) is 11.1. The van der Waals surface area contributed by atoms with Crippen LogP contribution < -0.4 is 14.4 Å². The van der Waals surface area contributed by atoms with Gasteiger partial charge in [-0.1, -0.05) is 71.8 Å². The zero-order valence-electron chi connectivity index (χ0n) is 33.8. The van der Waals surface area contributed by atoms with Crippen LogP contribution >= 0.6 is 0 Å². The Morgan fingerprint density at radius 2 is 0.966 bits per heavy atom. The summed E-state index contributed by atoms with van der Waals surface area (Å²) in [4.78, 5) is 11.1. The predicted molar refractivity (Wildman–Crippen MR) is 234 cm³/mol. The number of nitrogens with zero attached hydrogens (tertiary/aromatic N) is 3. The summed E-state index contributed by atoms with van der Waals surface area (Å²) in [5.74, 6) is -0.746. The molecule has 0 atom stereocenters. The minimum atomic E-state index is -0.860. The molecule has 6 aromatic carbocycles.